The summed E-state index contributed by atoms with van der Waals surface area (Å²) in [4.78, 5) is 33.3. The first-order valence-corrected chi connectivity index (χ1v) is 12.5. The number of aromatic nitrogens is 1. The third kappa shape index (κ3) is 6.72. The second-order valence-electron chi connectivity index (χ2n) is 8.91. The van der Waals surface area contributed by atoms with Crippen molar-refractivity contribution in [2.24, 2.45) is 0 Å². The molecule has 5 heteroatoms. The predicted octanol–water partition coefficient (Wildman–Crippen LogP) is 5.69. The first-order chi connectivity index (χ1) is 17.6. The topological polar surface area (TPSA) is 56.4 Å². The zero-order valence-electron chi connectivity index (χ0n) is 20.8. The fraction of sp³-hybridized carbons (Fsp3) is 0.226. The molecule has 36 heavy (non-hydrogen) atoms. The van der Waals surface area contributed by atoms with E-state index >= 15 is 0 Å². The number of amides is 2. The van der Waals surface area contributed by atoms with Crippen LogP contribution in [0.5, 0.6) is 0 Å². The van der Waals surface area contributed by atoms with Crippen LogP contribution in [0.1, 0.15) is 30.0 Å². The first kappa shape index (κ1) is 25.0. The van der Waals surface area contributed by atoms with Gasteiger partial charge in [-0.3, -0.25) is 9.59 Å². The summed E-state index contributed by atoms with van der Waals surface area (Å²) in [5, 5.41) is 1.18. The molecule has 0 unspecified atom stereocenters. The number of fused-ring (bicyclic) bond motifs is 1. The molecule has 0 aliphatic heterocycles. The van der Waals surface area contributed by atoms with Crippen LogP contribution in [0.2, 0.25) is 0 Å². The van der Waals surface area contributed by atoms with Crippen LogP contribution in [-0.2, 0) is 22.6 Å². The number of para-hydroxylation sites is 1. The maximum Gasteiger partial charge on any atom is 0.247 e. The van der Waals surface area contributed by atoms with Gasteiger partial charge in [-0.15, -0.1) is 0 Å². The second-order valence-corrected chi connectivity index (χ2v) is 8.91. The van der Waals surface area contributed by atoms with Crippen LogP contribution < -0.4 is 0 Å². The Hall–Kier alpha value is -4.12. The number of carbonyl (C=O) groups is 2. The highest BCUT2D eigenvalue weighted by Crippen LogP contribution is 2.19. The second kappa shape index (κ2) is 12.5. The lowest BCUT2D eigenvalue weighted by molar-refractivity contribution is -0.138. The summed E-state index contributed by atoms with van der Waals surface area (Å²) < 4.78 is 0. The molecule has 1 N–H and O–H groups in total. The summed E-state index contributed by atoms with van der Waals surface area (Å²) in [6.45, 7) is 3.70. The summed E-state index contributed by atoms with van der Waals surface area (Å²) >= 11 is 0. The SMILES string of the molecule is CCCN(CC(=O)N(CCc1c[nH]c2ccccc12)Cc1ccccc1)C(=O)C=Cc1ccccc1. The molecular formula is C31H33N3O2. The molecule has 0 fully saturated rings. The van der Waals surface area contributed by atoms with Gasteiger partial charge in [0.05, 0.1) is 0 Å². The van der Waals surface area contributed by atoms with Crippen LogP contribution in [0.4, 0.5) is 0 Å². The fourth-order valence-corrected chi connectivity index (χ4v) is 4.33. The molecule has 4 rings (SSSR count). The molecular weight excluding hydrogens is 446 g/mol. The Bertz CT molecular complexity index is 1300. The van der Waals surface area contributed by atoms with Gasteiger partial charge in [0.1, 0.15) is 6.54 Å². The Morgan fingerprint density at radius 1 is 0.833 bits per heavy atom. The summed E-state index contributed by atoms with van der Waals surface area (Å²) in [5.74, 6) is -0.195. The monoisotopic (exact) mass is 479 g/mol. The molecule has 5 nitrogen and oxygen atoms in total. The van der Waals surface area contributed by atoms with Gasteiger partial charge >= 0.3 is 0 Å². The molecule has 0 aliphatic carbocycles. The van der Waals surface area contributed by atoms with E-state index in [-0.39, 0.29) is 18.4 Å². The van der Waals surface area contributed by atoms with Gasteiger partial charge in [-0.1, -0.05) is 85.8 Å². The number of carbonyl (C=O) groups excluding carboxylic acids is 2. The van der Waals surface area contributed by atoms with Crippen LogP contribution in [0.15, 0.2) is 97.2 Å². The van der Waals surface area contributed by atoms with Gasteiger partial charge in [0.25, 0.3) is 0 Å². The van der Waals surface area contributed by atoms with E-state index in [9.17, 15) is 9.59 Å². The molecule has 0 aliphatic rings. The van der Waals surface area contributed by atoms with Crippen LogP contribution in [0.25, 0.3) is 17.0 Å². The van der Waals surface area contributed by atoms with Crippen LogP contribution in [0.3, 0.4) is 0 Å². The highest BCUT2D eigenvalue weighted by atomic mass is 16.2. The van der Waals surface area contributed by atoms with E-state index in [1.165, 1.54) is 10.9 Å². The van der Waals surface area contributed by atoms with E-state index in [0.717, 1.165) is 29.5 Å². The van der Waals surface area contributed by atoms with E-state index in [0.29, 0.717) is 19.6 Å². The van der Waals surface area contributed by atoms with Gasteiger partial charge in [0.2, 0.25) is 11.8 Å². The van der Waals surface area contributed by atoms with E-state index < -0.39 is 0 Å². The minimum atomic E-state index is -0.148. The number of nitrogens with one attached hydrogen (secondary N) is 1. The molecule has 4 aromatic rings. The van der Waals surface area contributed by atoms with Crippen LogP contribution >= 0.6 is 0 Å². The molecule has 0 spiro atoms. The van der Waals surface area contributed by atoms with Gasteiger partial charge in [0, 0.05) is 42.8 Å². The summed E-state index contributed by atoms with van der Waals surface area (Å²) in [7, 11) is 0. The van der Waals surface area contributed by atoms with Gasteiger partial charge < -0.3 is 14.8 Å². The molecule has 0 saturated heterocycles. The van der Waals surface area contributed by atoms with E-state index in [4.69, 9.17) is 0 Å². The average molecular weight is 480 g/mol. The number of hydrogen-bond acceptors (Lipinski definition) is 2. The van der Waals surface area contributed by atoms with Crippen molar-refractivity contribution in [2.75, 3.05) is 19.6 Å². The van der Waals surface area contributed by atoms with Crippen LogP contribution in [0, 0.1) is 0 Å². The Morgan fingerprint density at radius 2 is 1.53 bits per heavy atom. The van der Waals surface area contributed by atoms with Crippen molar-refractivity contribution < 1.29 is 9.59 Å². The quantitative estimate of drug-likeness (QED) is 0.281. The van der Waals surface area contributed by atoms with Crippen molar-refractivity contribution in [1.29, 1.82) is 0 Å². The van der Waals surface area contributed by atoms with Crippen molar-refractivity contribution in [1.82, 2.24) is 14.8 Å². The first-order valence-electron chi connectivity index (χ1n) is 12.5. The number of H-pyrrole nitrogens is 1. The van der Waals surface area contributed by atoms with Crippen LogP contribution in [-0.4, -0.2) is 46.2 Å². The molecule has 184 valence electrons. The third-order valence-corrected chi connectivity index (χ3v) is 6.24. The van der Waals surface area contributed by atoms with Gasteiger partial charge in [-0.25, -0.2) is 0 Å². The van der Waals surface area contributed by atoms with Crippen molar-refractivity contribution >= 4 is 28.8 Å². The minimum Gasteiger partial charge on any atom is -0.361 e. The molecule has 0 saturated carbocycles. The number of aromatic amines is 1. The lowest BCUT2D eigenvalue weighted by Gasteiger charge is -2.27. The van der Waals surface area contributed by atoms with Crippen molar-refractivity contribution in [3.8, 4) is 0 Å². The zero-order chi connectivity index (χ0) is 25.2. The zero-order valence-corrected chi connectivity index (χ0v) is 20.8. The highest BCUT2D eigenvalue weighted by Gasteiger charge is 2.20. The van der Waals surface area contributed by atoms with E-state index in [2.05, 4.69) is 17.1 Å². The maximum absolute atomic E-state index is 13.5. The summed E-state index contributed by atoms with van der Waals surface area (Å²) in [5.41, 5.74) is 4.31. The highest BCUT2D eigenvalue weighted by molar-refractivity contribution is 5.94. The largest absolute Gasteiger partial charge is 0.361 e. The Kier molecular flexibility index (Phi) is 8.71. The lowest BCUT2D eigenvalue weighted by Crippen LogP contribution is -2.43. The van der Waals surface area contributed by atoms with E-state index in [1.54, 1.807) is 17.1 Å². The predicted molar refractivity (Wildman–Crippen MR) is 146 cm³/mol. The Morgan fingerprint density at radius 3 is 2.28 bits per heavy atom. The van der Waals surface area contributed by atoms with Crippen molar-refractivity contribution in [3.05, 3.63) is 114 Å². The normalized spacial score (nSPS) is 11.1. The van der Waals surface area contributed by atoms with Gasteiger partial charge in [0.15, 0.2) is 0 Å². The number of rotatable bonds is 11. The molecule has 0 bridgehead atoms. The standard InChI is InChI=1S/C31H33N3O2/c1-2-20-33(30(35)18-17-25-11-5-3-6-12-25)24-31(36)34(23-26-13-7-4-8-14-26)21-19-27-22-32-29-16-10-9-15-28(27)29/h3-18,22,32H,2,19-21,23-24H2,1H3. The number of benzene rings is 3. The van der Waals surface area contributed by atoms with Crippen molar-refractivity contribution in [3.63, 3.8) is 0 Å². The Labute approximate surface area is 213 Å². The van der Waals surface area contributed by atoms with E-state index in [1.807, 2.05) is 90.8 Å². The molecule has 1 heterocycles. The summed E-state index contributed by atoms with van der Waals surface area (Å²) in [6.07, 6.45) is 6.90. The molecule has 1 aromatic heterocycles. The minimum absolute atomic E-state index is 0.0476. The molecule has 2 amide bonds. The number of hydrogen-bond donors (Lipinski definition) is 1. The van der Waals surface area contributed by atoms with Crippen molar-refractivity contribution in [2.45, 2.75) is 26.3 Å². The fourth-order valence-electron chi connectivity index (χ4n) is 4.33. The summed E-state index contributed by atoms with van der Waals surface area (Å²) in [6, 6.07) is 27.9. The lowest BCUT2D eigenvalue weighted by atomic mass is 10.1. The average Bonchev–Trinajstić information content (AvgIpc) is 3.33. The molecule has 3 aromatic carbocycles. The maximum atomic E-state index is 13.5. The molecule has 0 atom stereocenters. The molecule has 0 radical (unpaired) electrons. The smallest absolute Gasteiger partial charge is 0.247 e. The van der Waals surface area contributed by atoms with Gasteiger partial charge in [-0.2, -0.15) is 0 Å². The Balaban J connectivity index is 1.48. The number of nitrogens with zero attached hydrogens (tertiary/aromatic N) is 2. The van der Waals surface area contributed by atoms with Gasteiger partial charge in [-0.05, 0) is 41.7 Å². The third-order valence-electron chi connectivity index (χ3n) is 6.24.